The van der Waals surface area contributed by atoms with E-state index >= 15 is 0 Å². The Morgan fingerprint density at radius 3 is 2.42 bits per heavy atom. The highest BCUT2D eigenvalue weighted by atomic mass is 16.5. The Morgan fingerprint density at radius 2 is 1.69 bits per heavy atom. The van der Waals surface area contributed by atoms with Crippen molar-refractivity contribution in [3.63, 3.8) is 0 Å². The second kappa shape index (κ2) is 9.55. The van der Waals surface area contributed by atoms with Crippen LogP contribution in [0.25, 0.3) is 11.0 Å². The first-order valence-corrected chi connectivity index (χ1v) is 10.9. The Labute approximate surface area is 159 Å². The minimum absolute atomic E-state index is 0.570. The molecule has 1 aromatic heterocycles. The van der Waals surface area contributed by atoms with Crippen molar-refractivity contribution in [2.75, 3.05) is 19.6 Å². The maximum absolute atomic E-state index is 5.50. The van der Waals surface area contributed by atoms with Crippen molar-refractivity contribution in [3.8, 4) is 0 Å². The summed E-state index contributed by atoms with van der Waals surface area (Å²) in [6, 6.07) is 8.28. The molecule has 0 spiro atoms. The van der Waals surface area contributed by atoms with Gasteiger partial charge in [-0.1, -0.05) is 63.7 Å². The number of rotatable bonds is 4. The average Bonchev–Trinajstić information content (AvgIpc) is 3.14. The molecule has 2 heterocycles. The van der Waals surface area contributed by atoms with Gasteiger partial charge in [0.1, 0.15) is 0 Å². The predicted molar refractivity (Wildman–Crippen MR) is 110 cm³/mol. The second-order valence-electron chi connectivity index (χ2n) is 8.09. The topological polar surface area (TPSA) is 29.3 Å². The first-order chi connectivity index (χ1) is 12.8. The van der Waals surface area contributed by atoms with Crippen molar-refractivity contribution in [2.24, 2.45) is 11.8 Å². The van der Waals surface area contributed by atoms with E-state index in [0.717, 1.165) is 17.4 Å². The molecule has 1 aliphatic heterocycles. The van der Waals surface area contributed by atoms with Crippen LogP contribution < -0.4 is 0 Å². The largest absolute Gasteiger partial charge is 0.356 e. The maximum Gasteiger partial charge on any atom is 0.167 e. The Balaban J connectivity index is 0.000000948. The number of fused-ring (bicyclic) bond motifs is 1. The van der Waals surface area contributed by atoms with Crippen LogP contribution in [0.5, 0.6) is 0 Å². The van der Waals surface area contributed by atoms with Gasteiger partial charge in [-0.15, -0.1) is 0 Å². The molecule has 26 heavy (non-hydrogen) atoms. The SMILES string of the molecule is CC.CC1CCC(CCN2CCC(c3noc4ccccc34)CC2)CC1. The Morgan fingerprint density at radius 1 is 1.00 bits per heavy atom. The van der Waals surface area contributed by atoms with E-state index in [9.17, 15) is 0 Å². The molecule has 3 heteroatoms. The van der Waals surface area contributed by atoms with Crippen LogP contribution in [0.1, 0.15) is 77.3 Å². The van der Waals surface area contributed by atoms with Gasteiger partial charge < -0.3 is 9.42 Å². The summed E-state index contributed by atoms with van der Waals surface area (Å²) in [4.78, 5) is 2.68. The molecule has 2 fully saturated rings. The Kier molecular flexibility index (Phi) is 7.13. The third-order valence-electron chi connectivity index (χ3n) is 6.37. The molecule has 0 atom stereocenters. The summed E-state index contributed by atoms with van der Waals surface area (Å²) >= 11 is 0. The highest BCUT2D eigenvalue weighted by Crippen LogP contribution is 2.34. The number of aromatic nitrogens is 1. The Bertz CT molecular complexity index is 649. The summed E-state index contributed by atoms with van der Waals surface area (Å²) in [6.45, 7) is 10.1. The second-order valence-corrected chi connectivity index (χ2v) is 8.09. The molecule has 1 aliphatic carbocycles. The lowest BCUT2D eigenvalue weighted by Crippen LogP contribution is -2.34. The molecule has 4 rings (SSSR count). The summed E-state index contributed by atoms with van der Waals surface area (Å²) in [6.07, 6.45) is 9.67. The van der Waals surface area contributed by atoms with Gasteiger partial charge in [-0.05, 0) is 62.9 Å². The van der Waals surface area contributed by atoms with Crippen molar-refractivity contribution < 1.29 is 4.52 Å². The highest BCUT2D eigenvalue weighted by molar-refractivity contribution is 5.79. The molecular weight excluding hydrogens is 320 g/mol. The number of hydrogen-bond donors (Lipinski definition) is 0. The molecule has 2 aliphatic rings. The van der Waals surface area contributed by atoms with Gasteiger partial charge in [0.05, 0.1) is 5.69 Å². The fourth-order valence-corrected chi connectivity index (χ4v) is 4.61. The van der Waals surface area contributed by atoms with Gasteiger partial charge in [0.15, 0.2) is 5.58 Å². The maximum atomic E-state index is 5.50. The molecule has 1 aromatic carbocycles. The zero-order chi connectivity index (χ0) is 18.4. The lowest BCUT2D eigenvalue weighted by atomic mass is 9.81. The number of hydrogen-bond acceptors (Lipinski definition) is 3. The monoisotopic (exact) mass is 356 g/mol. The van der Waals surface area contributed by atoms with Crippen molar-refractivity contribution in [1.29, 1.82) is 0 Å². The quantitative estimate of drug-likeness (QED) is 0.648. The van der Waals surface area contributed by atoms with Gasteiger partial charge in [0.25, 0.3) is 0 Å². The van der Waals surface area contributed by atoms with Crippen LogP contribution in [0.4, 0.5) is 0 Å². The lowest BCUT2D eigenvalue weighted by Gasteiger charge is -2.33. The van der Waals surface area contributed by atoms with Gasteiger partial charge in [-0.3, -0.25) is 0 Å². The average molecular weight is 357 g/mol. The van der Waals surface area contributed by atoms with Crippen molar-refractivity contribution in [2.45, 2.75) is 71.6 Å². The molecule has 1 saturated heterocycles. The van der Waals surface area contributed by atoms with Crippen LogP contribution in [0, 0.1) is 11.8 Å². The zero-order valence-corrected chi connectivity index (χ0v) is 16.9. The number of likely N-dealkylation sites (tertiary alicyclic amines) is 1. The summed E-state index contributed by atoms with van der Waals surface area (Å²) < 4.78 is 5.50. The lowest BCUT2D eigenvalue weighted by molar-refractivity contribution is 0.180. The van der Waals surface area contributed by atoms with Crippen LogP contribution in [-0.2, 0) is 0 Å². The third-order valence-corrected chi connectivity index (χ3v) is 6.37. The summed E-state index contributed by atoms with van der Waals surface area (Å²) in [5.74, 6) is 2.52. The van der Waals surface area contributed by atoms with E-state index in [1.807, 2.05) is 26.0 Å². The Hall–Kier alpha value is -1.35. The van der Waals surface area contributed by atoms with Crippen molar-refractivity contribution >= 4 is 11.0 Å². The minimum atomic E-state index is 0.570. The zero-order valence-electron chi connectivity index (χ0n) is 16.9. The van der Waals surface area contributed by atoms with E-state index in [-0.39, 0.29) is 0 Å². The molecule has 0 bridgehead atoms. The van der Waals surface area contributed by atoms with E-state index < -0.39 is 0 Å². The van der Waals surface area contributed by atoms with Gasteiger partial charge in [-0.2, -0.15) is 0 Å². The van der Waals surface area contributed by atoms with Gasteiger partial charge >= 0.3 is 0 Å². The molecule has 0 amide bonds. The van der Waals surface area contributed by atoms with E-state index in [2.05, 4.69) is 29.1 Å². The van der Waals surface area contributed by atoms with Gasteiger partial charge in [-0.25, -0.2) is 0 Å². The van der Waals surface area contributed by atoms with Crippen LogP contribution in [0.2, 0.25) is 0 Å². The molecule has 144 valence electrons. The van der Waals surface area contributed by atoms with Gasteiger partial charge in [0.2, 0.25) is 0 Å². The normalized spacial score (nSPS) is 25.0. The molecular formula is C23H36N2O. The first kappa shape index (κ1) is 19.4. The smallest absolute Gasteiger partial charge is 0.167 e. The molecule has 0 radical (unpaired) electrons. The molecule has 2 aromatic rings. The standard InChI is InChI=1S/C21H30N2O.C2H6/c1-16-6-8-17(9-7-16)10-13-23-14-11-18(12-15-23)21-19-4-2-3-5-20(19)24-22-21;1-2/h2-5,16-18H,6-15H2,1H3;1-2H3. The summed E-state index contributed by atoms with van der Waals surface area (Å²) in [7, 11) is 0. The van der Waals surface area contributed by atoms with E-state index in [4.69, 9.17) is 4.52 Å². The van der Waals surface area contributed by atoms with Crippen molar-refractivity contribution in [1.82, 2.24) is 10.1 Å². The highest BCUT2D eigenvalue weighted by Gasteiger charge is 2.25. The number of piperidine rings is 1. The van der Waals surface area contributed by atoms with Crippen LogP contribution in [0.15, 0.2) is 28.8 Å². The number of benzene rings is 1. The van der Waals surface area contributed by atoms with E-state index in [0.29, 0.717) is 5.92 Å². The fraction of sp³-hybridized carbons (Fsp3) is 0.696. The van der Waals surface area contributed by atoms with E-state index in [1.54, 1.807) is 0 Å². The van der Waals surface area contributed by atoms with Crippen LogP contribution in [0.3, 0.4) is 0 Å². The van der Waals surface area contributed by atoms with Crippen molar-refractivity contribution in [3.05, 3.63) is 30.0 Å². The number of para-hydroxylation sites is 1. The molecule has 0 N–H and O–H groups in total. The minimum Gasteiger partial charge on any atom is -0.356 e. The fourth-order valence-electron chi connectivity index (χ4n) is 4.61. The molecule has 3 nitrogen and oxygen atoms in total. The summed E-state index contributed by atoms with van der Waals surface area (Å²) in [5.41, 5.74) is 2.12. The first-order valence-electron chi connectivity index (χ1n) is 10.9. The molecule has 0 unspecified atom stereocenters. The van der Waals surface area contributed by atoms with E-state index in [1.165, 1.54) is 75.7 Å². The predicted octanol–water partition coefficient (Wildman–Crippen LogP) is 6.25. The summed E-state index contributed by atoms with van der Waals surface area (Å²) in [5, 5.41) is 5.59. The van der Waals surface area contributed by atoms with Crippen LogP contribution in [-0.4, -0.2) is 29.7 Å². The van der Waals surface area contributed by atoms with Gasteiger partial charge in [0, 0.05) is 11.3 Å². The van der Waals surface area contributed by atoms with Crippen LogP contribution >= 0.6 is 0 Å². The molecule has 1 saturated carbocycles. The number of nitrogens with zero attached hydrogens (tertiary/aromatic N) is 2. The third kappa shape index (κ3) is 4.68.